The van der Waals surface area contributed by atoms with Gasteiger partial charge in [0.25, 0.3) is 0 Å². The number of rotatable bonds is 9. The number of hydrogen-bond donors (Lipinski definition) is 1. The van der Waals surface area contributed by atoms with Gasteiger partial charge in [-0.25, -0.2) is 0 Å². The molecule has 0 amide bonds. The number of methoxy groups -OCH3 is 1. The Hall–Kier alpha value is -1.06. The van der Waals surface area contributed by atoms with E-state index < -0.39 is 0 Å². The Morgan fingerprint density at radius 1 is 1.15 bits per heavy atom. The molecule has 114 valence electrons. The highest BCUT2D eigenvalue weighted by Crippen LogP contribution is 2.14. The number of likely N-dealkylation sites (N-methyl/N-ethyl adjacent to an activating group) is 1. The monoisotopic (exact) mass is 278 g/mol. The molecule has 3 heteroatoms. The van der Waals surface area contributed by atoms with Crippen molar-refractivity contribution in [1.82, 2.24) is 10.2 Å². The van der Waals surface area contributed by atoms with Crippen LogP contribution in [-0.4, -0.2) is 38.2 Å². The molecule has 0 radical (unpaired) electrons. The van der Waals surface area contributed by atoms with Gasteiger partial charge < -0.3 is 10.1 Å². The second-order valence-corrected chi connectivity index (χ2v) is 5.88. The number of benzene rings is 1. The van der Waals surface area contributed by atoms with E-state index in [2.05, 4.69) is 50.2 Å². The number of ether oxygens (including phenoxy) is 1. The molecule has 1 atom stereocenters. The van der Waals surface area contributed by atoms with Crippen LogP contribution in [0, 0.1) is 5.92 Å². The van der Waals surface area contributed by atoms with Crippen LogP contribution in [0.4, 0.5) is 0 Å². The molecule has 1 N–H and O–H groups in total. The van der Waals surface area contributed by atoms with E-state index in [1.165, 1.54) is 5.56 Å². The lowest BCUT2D eigenvalue weighted by Crippen LogP contribution is -2.40. The smallest absolute Gasteiger partial charge is 0.118 e. The highest BCUT2D eigenvalue weighted by atomic mass is 16.5. The van der Waals surface area contributed by atoms with E-state index in [1.807, 2.05) is 12.1 Å². The molecule has 0 aliphatic carbocycles. The molecule has 0 aliphatic rings. The fraction of sp³-hybridized carbons (Fsp3) is 0.647. The van der Waals surface area contributed by atoms with Gasteiger partial charge in [-0.1, -0.05) is 32.9 Å². The first-order valence-electron chi connectivity index (χ1n) is 7.60. The zero-order chi connectivity index (χ0) is 15.0. The van der Waals surface area contributed by atoms with Crippen LogP contribution in [0.15, 0.2) is 24.3 Å². The zero-order valence-electron chi connectivity index (χ0n) is 13.6. The number of hydrogen-bond acceptors (Lipinski definition) is 3. The highest BCUT2D eigenvalue weighted by Gasteiger charge is 2.12. The lowest BCUT2D eigenvalue weighted by molar-refractivity contribution is 0.220. The van der Waals surface area contributed by atoms with Gasteiger partial charge in [0.1, 0.15) is 5.75 Å². The molecule has 1 rings (SSSR count). The van der Waals surface area contributed by atoms with Crippen LogP contribution in [0.5, 0.6) is 5.75 Å². The third-order valence-electron chi connectivity index (χ3n) is 3.62. The molecule has 0 heterocycles. The molecule has 0 aromatic heterocycles. The number of nitrogens with one attached hydrogen (secondary N) is 1. The van der Waals surface area contributed by atoms with Gasteiger partial charge in [0.15, 0.2) is 0 Å². The van der Waals surface area contributed by atoms with Crippen molar-refractivity contribution < 1.29 is 4.74 Å². The normalized spacial score (nSPS) is 12.9. The molecule has 0 spiro atoms. The summed E-state index contributed by atoms with van der Waals surface area (Å²) >= 11 is 0. The second-order valence-electron chi connectivity index (χ2n) is 5.88. The summed E-state index contributed by atoms with van der Waals surface area (Å²) in [6.45, 7) is 9.87. The van der Waals surface area contributed by atoms with Crippen molar-refractivity contribution in [1.29, 1.82) is 0 Å². The van der Waals surface area contributed by atoms with Gasteiger partial charge in [-0.15, -0.1) is 0 Å². The minimum absolute atomic E-state index is 0.579. The van der Waals surface area contributed by atoms with Gasteiger partial charge in [0, 0.05) is 19.1 Å². The lowest BCUT2D eigenvalue weighted by Gasteiger charge is -2.28. The largest absolute Gasteiger partial charge is 0.497 e. The molecule has 0 bridgehead atoms. The van der Waals surface area contributed by atoms with Crippen LogP contribution < -0.4 is 10.1 Å². The van der Waals surface area contributed by atoms with Crippen molar-refractivity contribution in [2.75, 3.05) is 27.2 Å². The molecule has 0 aliphatic heterocycles. The minimum Gasteiger partial charge on any atom is -0.497 e. The standard InChI is InChI=1S/C17H30N2O/c1-6-16(12-18-11-14(2)3)19(4)13-15-7-9-17(20-5)10-8-15/h7-10,14,16,18H,6,11-13H2,1-5H3. The molecule has 0 saturated heterocycles. The van der Waals surface area contributed by atoms with Gasteiger partial charge in [-0.3, -0.25) is 4.90 Å². The predicted octanol–water partition coefficient (Wildman–Crippen LogP) is 3.15. The van der Waals surface area contributed by atoms with Gasteiger partial charge >= 0.3 is 0 Å². The summed E-state index contributed by atoms with van der Waals surface area (Å²) in [6, 6.07) is 8.92. The van der Waals surface area contributed by atoms with E-state index in [1.54, 1.807) is 7.11 Å². The van der Waals surface area contributed by atoms with Crippen LogP contribution in [0.1, 0.15) is 32.8 Å². The Labute approximate surface area is 124 Å². The van der Waals surface area contributed by atoms with Crippen molar-refractivity contribution in [2.24, 2.45) is 5.92 Å². The maximum atomic E-state index is 5.19. The van der Waals surface area contributed by atoms with Crippen molar-refractivity contribution in [3.63, 3.8) is 0 Å². The Morgan fingerprint density at radius 2 is 1.80 bits per heavy atom. The lowest BCUT2D eigenvalue weighted by atomic mass is 10.1. The molecular weight excluding hydrogens is 248 g/mol. The fourth-order valence-electron chi connectivity index (χ4n) is 2.30. The summed E-state index contributed by atoms with van der Waals surface area (Å²) in [7, 11) is 3.91. The molecule has 1 unspecified atom stereocenters. The summed E-state index contributed by atoms with van der Waals surface area (Å²) < 4.78 is 5.19. The van der Waals surface area contributed by atoms with Crippen LogP contribution in [0.2, 0.25) is 0 Å². The quantitative estimate of drug-likeness (QED) is 0.751. The van der Waals surface area contributed by atoms with E-state index in [9.17, 15) is 0 Å². The van der Waals surface area contributed by atoms with Crippen LogP contribution in [0.3, 0.4) is 0 Å². The maximum absolute atomic E-state index is 5.19. The first kappa shape index (κ1) is 17.0. The van der Waals surface area contributed by atoms with E-state index in [0.717, 1.165) is 31.8 Å². The average molecular weight is 278 g/mol. The Balaban J connectivity index is 2.46. The summed E-state index contributed by atoms with van der Waals surface area (Å²) in [5, 5.41) is 3.56. The molecule has 0 fully saturated rings. The molecule has 3 nitrogen and oxygen atoms in total. The van der Waals surface area contributed by atoms with Crippen LogP contribution in [-0.2, 0) is 6.54 Å². The minimum atomic E-state index is 0.579. The molecule has 1 aromatic carbocycles. The Bertz CT molecular complexity index is 362. The maximum Gasteiger partial charge on any atom is 0.118 e. The van der Waals surface area contributed by atoms with E-state index in [0.29, 0.717) is 12.0 Å². The van der Waals surface area contributed by atoms with Gasteiger partial charge in [0.2, 0.25) is 0 Å². The summed E-state index contributed by atoms with van der Waals surface area (Å²) in [5.74, 6) is 1.63. The summed E-state index contributed by atoms with van der Waals surface area (Å²) in [4.78, 5) is 2.43. The van der Waals surface area contributed by atoms with Crippen molar-refractivity contribution >= 4 is 0 Å². The molecular formula is C17H30N2O. The van der Waals surface area contributed by atoms with E-state index in [4.69, 9.17) is 4.74 Å². The van der Waals surface area contributed by atoms with E-state index >= 15 is 0 Å². The van der Waals surface area contributed by atoms with Gasteiger partial charge in [-0.2, -0.15) is 0 Å². The van der Waals surface area contributed by atoms with Crippen molar-refractivity contribution in [3.05, 3.63) is 29.8 Å². The zero-order valence-corrected chi connectivity index (χ0v) is 13.6. The van der Waals surface area contributed by atoms with Crippen LogP contribution in [0.25, 0.3) is 0 Å². The first-order valence-corrected chi connectivity index (χ1v) is 7.60. The third kappa shape index (κ3) is 5.93. The topological polar surface area (TPSA) is 24.5 Å². The SMILES string of the molecule is CCC(CNCC(C)C)N(C)Cc1ccc(OC)cc1. The summed E-state index contributed by atoms with van der Waals surface area (Å²) in [5.41, 5.74) is 1.33. The third-order valence-corrected chi connectivity index (χ3v) is 3.62. The average Bonchev–Trinajstić information content (AvgIpc) is 2.44. The van der Waals surface area contributed by atoms with Crippen molar-refractivity contribution in [3.8, 4) is 5.75 Å². The Morgan fingerprint density at radius 3 is 2.30 bits per heavy atom. The summed E-state index contributed by atoms with van der Waals surface area (Å²) in [6.07, 6.45) is 1.16. The first-order chi connectivity index (χ1) is 9.56. The van der Waals surface area contributed by atoms with Gasteiger partial charge in [0.05, 0.1) is 7.11 Å². The van der Waals surface area contributed by atoms with Crippen molar-refractivity contribution in [2.45, 2.75) is 39.8 Å². The fourth-order valence-corrected chi connectivity index (χ4v) is 2.30. The van der Waals surface area contributed by atoms with E-state index in [-0.39, 0.29) is 0 Å². The number of nitrogens with zero attached hydrogens (tertiary/aromatic N) is 1. The van der Waals surface area contributed by atoms with Crippen LogP contribution >= 0.6 is 0 Å². The van der Waals surface area contributed by atoms with Gasteiger partial charge in [-0.05, 0) is 43.6 Å². The molecule has 1 aromatic rings. The second kappa shape index (κ2) is 8.98. The predicted molar refractivity (Wildman–Crippen MR) is 86.2 cm³/mol. The molecule has 20 heavy (non-hydrogen) atoms. The highest BCUT2D eigenvalue weighted by molar-refractivity contribution is 5.27. The Kier molecular flexibility index (Phi) is 7.63. The molecule has 0 saturated carbocycles.